The third-order valence-electron chi connectivity index (χ3n) is 4.19. The Morgan fingerprint density at radius 2 is 2.16 bits per heavy atom. The summed E-state index contributed by atoms with van der Waals surface area (Å²) in [6.45, 7) is 0.924. The van der Waals surface area contributed by atoms with Gasteiger partial charge in [-0.15, -0.1) is 0 Å². The average Bonchev–Trinajstić information content (AvgIpc) is 2.41. The van der Waals surface area contributed by atoms with Gasteiger partial charge in [0.2, 0.25) is 0 Å². The normalized spacial score (nSPS) is 27.5. The van der Waals surface area contributed by atoms with E-state index in [2.05, 4.69) is 19.0 Å². The van der Waals surface area contributed by atoms with E-state index in [1.165, 1.54) is 6.42 Å². The molecule has 1 fully saturated rings. The highest BCUT2D eigenvalue weighted by Crippen LogP contribution is 2.42. The molecule has 0 aliphatic heterocycles. The van der Waals surface area contributed by atoms with Crippen LogP contribution in [0, 0.1) is 5.92 Å². The highest BCUT2D eigenvalue weighted by Gasteiger charge is 2.40. The van der Waals surface area contributed by atoms with Crippen molar-refractivity contribution in [2.24, 2.45) is 5.92 Å². The number of hydrogen-bond donors (Lipinski definition) is 1. The Balaban J connectivity index is 2.30. The number of nitrogens with zero attached hydrogens (tertiary/aromatic N) is 1. The summed E-state index contributed by atoms with van der Waals surface area (Å²) in [6.07, 6.45) is 4.24. The molecule has 1 aliphatic rings. The van der Waals surface area contributed by atoms with Crippen LogP contribution >= 0.6 is 0 Å². The first-order chi connectivity index (χ1) is 9.06. The van der Waals surface area contributed by atoms with Gasteiger partial charge in [-0.25, -0.2) is 0 Å². The quantitative estimate of drug-likeness (QED) is 0.906. The lowest BCUT2D eigenvalue weighted by Gasteiger charge is -2.41. The molecule has 0 heterocycles. The summed E-state index contributed by atoms with van der Waals surface area (Å²) in [4.78, 5) is 2.17. The molecule has 19 heavy (non-hydrogen) atoms. The first kappa shape index (κ1) is 14.4. The number of hydrogen-bond acceptors (Lipinski definition) is 3. The molecule has 1 saturated carbocycles. The number of ether oxygens (including phenoxy) is 1. The van der Waals surface area contributed by atoms with Crippen LogP contribution in [0.5, 0.6) is 5.75 Å². The number of benzene rings is 1. The zero-order valence-corrected chi connectivity index (χ0v) is 12.2. The summed E-state index contributed by atoms with van der Waals surface area (Å²) < 4.78 is 5.29. The standard InChI is InChI=1S/C16H25NO2/c1-17(2)12-14-7-4-5-10-16(14,18)13-8-6-9-15(11-13)19-3/h6,8-9,11,14,18H,4-5,7,10,12H2,1-3H3/t14-,16-/m0/s1. The molecule has 2 atom stereocenters. The van der Waals surface area contributed by atoms with E-state index in [9.17, 15) is 5.11 Å². The fraction of sp³-hybridized carbons (Fsp3) is 0.625. The molecule has 106 valence electrons. The molecule has 3 nitrogen and oxygen atoms in total. The molecule has 1 N–H and O–H groups in total. The van der Waals surface area contributed by atoms with Crippen LogP contribution in [0.1, 0.15) is 31.2 Å². The van der Waals surface area contributed by atoms with Crippen LogP contribution in [0.4, 0.5) is 0 Å². The minimum Gasteiger partial charge on any atom is -0.497 e. The Bertz CT molecular complexity index is 419. The highest BCUT2D eigenvalue weighted by atomic mass is 16.5. The number of methoxy groups -OCH3 is 1. The lowest BCUT2D eigenvalue weighted by molar-refractivity contribution is -0.0619. The molecule has 0 radical (unpaired) electrons. The summed E-state index contributed by atoms with van der Waals surface area (Å²) in [7, 11) is 5.81. The van der Waals surface area contributed by atoms with Gasteiger partial charge in [-0.1, -0.05) is 25.0 Å². The Hall–Kier alpha value is -1.06. The topological polar surface area (TPSA) is 32.7 Å². The largest absolute Gasteiger partial charge is 0.497 e. The summed E-state index contributed by atoms with van der Waals surface area (Å²) in [6, 6.07) is 7.90. The van der Waals surface area contributed by atoms with E-state index in [0.717, 1.165) is 37.1 Å². The first-order valence-corrected chi connectivity index (χ1v) is 7.08. The van der Waals surface area contributed by atoms with E-state index < -0.39 is 5.60 Å². The molecule has 0 unspecified atom stereocenters. The molecule has 0 amide bonds. The van der Waals surface area contributed by atoms with Gasteiger partial charge in [-0.2, -0.15) is 0 Å². The van der Waals surface area contributed by atoms with Crippen molar-refractivity contribution >= 4 is 0 Å². The van der Waals surface area contributed by atoms with E-state index >= 15 is 0 Å². The van der Waals surface area contributed by atoms with E-state index in [1.807, 2.05) is 24.3 Å². The van der Waals surface area contributed by atoms with Gasteiger partial charge in [0.25, 0.3) is 0 Å². The molecule has 3 heteroatoms. The molecular formula is C16H25NO2. The molecule has 1 aromatic carbocycles. The van der Waals surface area contributed by atoms with Crippen molar-refractivity contribution in [1.82, 2.24) is 4.90 Å². The van der Waals surface area contributed by atoms with Crippen molar-refractivity contribution in [3.05, 3.63) is 29.8 Å². The summed E-state index contributed by atoms with van der Waals surface area (Å²) >= 11 is 0. The van der Waals surface area contributed by atoms with Crippen LogP contribution < -0.4 is 4.74 Å². The van der Waals surface area contributed by atoms with E-state index in [0.29, 0.717) is 5.92 Å². The minimum atomic E-state index is -0.711. The van der Waals surface area contributed by atoms with E-state index in [1.54, 1.807) is 7.11 Å². The lowest BCUT2D eigenvalue weighted by atomic mass is 9.71. The van der Waals surface area contributed by atoms with Crippen molar-refractivity contribution in [2.75, 3.05) is 27.7 Å². The second-order valence-electron chi connectivity index (χ2n) is 5.86. The maximum atomic E-state index is 11.2. The average molecular weight is 263 g/mol. The number of rotatable bonds is 4. The van der Waals surface area contributed by atoms with Gasteiger partial charge in [-0.3, -0.25) is 0 Å². The SMILES string of the molecule is COc1cccc([C@@]2(O)CCCC[C@H]2CN(C)C)c1. The first-order valence-electron chi connectivity index (χ1n) is 7.08. The van der Waals surface area contributed by atoms with Gasteiger partial charge in [-0.05, 0) is 44.6 Å². The zero-order valence-electron chi connectivity index (χ0n) is 12.2. The Kier molecular flexibility index (Phi) is 4.48. The third kappa shape index (κ3) is 3.10. The molecule has 0 aromatic heterocycles. The Labute approximate surface area is 116 Å². The minimum absolute atomic E-state index is 0.295. The molecule has 2 rings (SSSR count). The Morgan fingerprint density at radius 3 is 2.84 bits per heavy atom. The van der Waals surface area contributed by atoms with Crippen LogP contribution in [-0.4, -0.2) is 37.8 Å². The maximum Gasteiger partial charge on any atom is 0.119 e. The van der Waals surface area contributed by atoms with Gasteiger partial charge < -0.3 is 14.7 Å². The van der Waals surface area contributed by atoms with Gasteiger partial charge in [0.15, 0.2) is 0 Å². The molecular weight excluding hydrogens is 238 g/mol. The van der Waals surface area contributed by atoms with Gasteiger partial charge >= 0.3 is 0 Å². The van der Waals surface area contributed by atoms with Gasteiger partial charge in [0, 0.05) is 12.5 Å². The molecule has 1 aliphatic carbocycles. The lowest BCUT2D eigenvalue weighted by Crippen LogP contribution is -2.43. The van der Waals surface area contributed by atoms with Crippen molar-refractivity contribution < 1.29 is 9.84 Å². The van der Waals surface area contributed by atoms with Crippen LogP contribution in [0.3, 0.4) is 0 Å². The summed E-state index contributed by atoms with van der Waals surface area (Å²) in [5.74, 6) is 1.11. The second-order valence-corrected chi connectivity index (χ2v) is 5.86. The van der Waals surface area contributed by atoms with Gasteiger partial charge in [0.1, 0.15) is 5.75 Å². The van der Waals surface area contributed by atoms with Crippen molar-refractivity contribution in [1.29, 1.82) is 0 Å². The summed E-state index contributed by atoms with van der Waals surface area (Å²) in [5, 5.41) is 11.2. The van der Waals surface area contributed by atoms with Crippen molar-refractivity contribution in [2.45, 2.75) is 31.3 Å². The highest BCUT2D eigenvalue weighted by molar-refractivity contribution is 5.33. The van der Waals surface area contributed by atoms with Crippen LogP contribution in [0.15, 0.2) is 24.3 Å². The fourth-order valence-electron chi connectivity index (χ4n) is 3.18. The maximum absolute atomic E-state index is 11.2. The Morgan fingerprint density at radius 1 is 1.37 bits per heavy atom. The predicted molar refractivity (Wildman–Crippen MR) is 77.4 cm³/mol. The monoisotopic (exact) mass is 263 g/mol. The second kappa shape index (κ2) is 5.93. The fourth-order valence-corrected chi connectivity index (χ4v) is 3.18. The van der Waals surface area contributed by atoms with Crippen LogP contribution in [-0.2, 0) is 5.60 Å². The van der Waals surface area contributed by atoms with Crippen LogP contribution in [0.25, 0.3) is 0 Å². The summed E-state index contributed by atoms with van der Waals surface area (Å²) in [5.41, 5.74) is 0.287. The molecule has 1 aromatic rings. The van der Waals surface area contributed by atoms with E-state index in [-0.39, 0.29) is 0 Å². The third-order valence-corrected chi connectivity index (χ3v) is 4.19. The van der Waals surface area contributed by atoms with Crippen molar-refractivity contribution in [3.63, 3.8) is 0 Å². The van der Waals surface area contributed by atoms with Gasteiger partial charge in [0.05, 0.1) is 12.7 Å². The van der Waals surface area contributed by atoms with Crippen molar-refractivity contribution in [3.8, 4) is 5.75 Å². The predicted octanol–water partition coefficient (Wildman–Crippen LogP) is 2.63. The van der Waals surface area contributed by atoms with E-state index in [4.69, 9.17) is 4.74 Å². The molecule has 0 saturated heterocycles. The molecule has 0 spiro atoms. The molecule has 0 bridgehead atoms. The smallest absolute Gasteiger partial charge is 0.119 e. The zero-order chi connectivity index (χ0) is 13.9. The van der Waals surface area contributed by atoms with Crippen LogP contribution in [0.2, 0.25) is 0 Å². The number of aliphatic hydroxyl groups is 1.